The van der Waals surface area contributed by atoms with Crippen molar-refractivity contribution in [1.82, 2.24) is 9.97 Å². The van der Waals surface area contributed by atoms with Gasteiger partial charge in [-0.2, -0.15) is 0 Å². The molecule has 0 bridgehead atoms. The van der Waals surface area contributed by atoms with Gasteiger partial charge in [0.05, 0.1) is 5.88 Å². The maximum absolute atomic E-state index is 5.57. The smallest absolute Gasteiger partial charge is 0.153 e. The molecule has 0 fully saturated rings. The monoisotopic (exact) mass is 186 g/mol. The molecule has 0 saturated heterocycles. The molecular formula is C8H11ClN2O. The van der Waals surface area contributed by atoms with E-state index in [1.54, 1.807) is 12.4 Å². The Morgan fingerprint density at radius 3 is 2.58 bits per heavy atom. The molecule has 1 aromatic heterocycles. The Hall–Kier alpha value is -0.670. The van der Waals surface area contributed by atoms with Gasteiger partial charge in [-0.15, -0.1) is 11.6 Å². The normalized spacial score (nSPS) is 10.2. The summed E-state index contributed by atoms with van der Waals surface area (Å²) in [5.74, 6) is 1.15. The molecule has 0 radical (unpaired) electrons. The molecule has 0 saturated carbocycles. The highest BCUT2D eigenvalue weighted by Gasteiger charge is 1.95. The zero-order valence-corrected chi connectivity index (χ0v) is 7.71. The van der Waals surface area contributed by atoms with Gasteiger partial charge in [-0.25, -0.2) is 9.97 Å². The van der Waals surface area contributed by atoms with E-state index in [4.69, 9.17) is 16.3 Å². The predicted molar refractivity (Wildman–Crippen MR) is 46.9 cm³/mol. The van der Waals surface area contributed by atoms with Gasteiger partial charge in [0, 0.05) is 24.6 Å². The average molecular weight is 187 g/mol. The highest BCUT2D eigenvalue weighted by Crippen LogP contribution is 2.00. The Morgan fingerprint density at radius 1 is 1.42 bits per heavy atom. The summed E-state index contributed by atoms with van der Waals surface area (Å²) in [6.07, 6.45) is 3.43. The van der Waals surface area contributed by atoms with Crippen LogP contribution in [0.4, 0.5) is 0 Å². The number of rotatable bonds is 4. The van der Waals surface area contributed by atoms with Gasteiger partial charge in [0.15, 0.2) is 5.82 Å². The summed E-state index contributed by atoms with van der Waals surface area (Å²) in [7, 11) is 0. The van der Waals surface area contributed by atoms with Crippen LogP contribution in [0.1, 0.15) is 18.3 Å². The van der Waals surface area contributed by atoms with Crippen LogP contribution in [0.25, 0.3) is 0 Å². The molecule has 0 amide bonds. The molecular weight excluding hydrogens is 176 g/mol. The number of nitrogens with zero attached hydrogens (tertiary/aromatic N) is 2. The molecule has 66 valence electrons. The second-order valence-corrected chi connectivity index (χ2v) is 2.55. The standard InChI is InChI=1S/C8H11ClN2O/c1-2-12-6-8-10-4-7(3-9)5-11-8/h4-5H,2-3,6H2,1H3. The van der Waals surface area contributed by atoms with Crippen molar-refractivity contribution in [3.05, 3.63) is 23.8 Å². The van der Waals surface area contributed by atoms with Crippen molar-refractivity contribution < 1.29 is 4.74 Å². The van der Waals surface area contributed by atoms with Crippen LogP contribution in [0, 0.1) is 0 Å². The highest BCUT2D eigenvalue weighted by atomic mass is 35.5. The van der Waals surface area contributed by atoms with Crippen molar-refractivity contribution in [1.29, 1.82) is 0 Å². The maximum Gasteiger partial charge on any atom is 0.153 e. The Kier molecular flexibility index (Phi) is 3.97. The lowest BCUT2D eigenvalue weighted by Crippen LogP contribution is -1.98. The number of aromatic nitrogens is 2. The molecule has 0 aliphatic carbocycles. The molecule has 1 heterocycles. The van der Waals surface area contributed by atoms with E-state index in [1.807, 2.05) is 6.92 Å². The number of halogens is 1. The van der Waals surface area contributed by atoms with Crippen LogP contribution in [0.3, 0.4) is 0 Å². The third kappa shape index (κ3) is 2.75. The van der Waals surface area contributed by atoms with Crippen molar-refractivity contribution in [3.63, 3.8) is 0 Å². The summed E-state index contributed by atoms with van der Waals surface area (Å²) in [6, 6.07) is 0. The van der Waals surface area contributed by atoms with Crippen LogP contribution >= 0.6 is 11.6 Å². The fourth-order valence-electron chi connectivity index (χ4n) is 0.718. The van der Waals surface area contributed by atoms with Gasteiger partial charge in [0.1, 0.15) is 6.61 Å². The van der Waals surface area contributed by atoms with E-state index in [0.717, 1.165) is 5.56 Å². The van der Waals surface area contributed by atoms with Gasteiger partial charge in [0.25, 0.3) is 0 Å². The first kappa shape index (κ1) is 9.42. The van der Waals surface area contributed by atoms with Crippen molar-refractivity contribution in [2.75, 3.05) is 6.61 Å². The van der Waals surface area contributed by atoms with Crippen LogP contribution in [0.5, 0.6) is 0 Å². The van der Waals surface area contributed by atoms with Gasteiger partial charge < -0.3 is 4.74 Å². The van der Waals surface area contributed by atoms with Crippen molar-refractivity contribution in [2.24, 2.45) is 0 Å². The summed E-state index contributed by atoms with van der Waals surface area (Å²) in [4.78, 5) is 8.13. The van der Waals surface area contributed by atoms with Crippen LogP contribution in [0.15, 0.2) is 12.4 Å². The topological polar surface area (TPSA) is 35.0 Å². The Bertz CT molecular complexity index is 225. The molecule has 4 heteroatoms. The summed E-state index contributed by atoms with van der Waals surface area (Å²) in [6.45, 7) is 3.09. The Labute approximate surface area is 76.7 Å². The predicted octanol–water partition coefficient (Wildman–Crippen LogP) is 1.75. The van der Waals surface area contributed by atoms with Crippen LogP contribution < -0.4 is 0 Å². The highest BCUT2D eigenvalue weighted by molar-refractivity contribution is 6.17. The van der Waals surface area contributed by atoms with Gasteiger partial charge >= 0.3 is 0 Å². The minimum atomic E-state index is 0.453. The molecule has 0 N–H and O–H groups in total. The number of hydrogen-bond donors (Lipinski definition) is 0. The number of ether oxygens (including phenoxy) is 1. The van der Waals surface area contributed by atoms with Crippen molar-refractivity contribution in [2.45, 2.75) is 19.4 Å². The zero-order chi connectivity index (χ0) is 8.81. The van der Waals surface area contributed by atoms with E-state index in [1.165, 1.54) is 0 Å². The van der Waals surface area contributed by atoms with Gasteiger partial charge in [-0.1, -0.05) is 0 Å². The molecule has 1 rings (SSSR count). The third-order valence-electron chi connectivity index (χ3n) is 1.35. The first-order chi connectivity index (χ1) is 5.86. The Balaban J connectivity index is 2.53. The lowest BCUT2D eigenvalue weighted by molar-refractivity contribution is 0.128. The maximum atomic E-state index is 5.57. The number of alkyl halides is 1. The van der Waals surface area contributed by atoms with Gasteiger partial charge in [-0.3, -0.25) is 0 Å². The van der Waals surface area contributed by atoms with E-state index < -0.39 is 0 Å². The SMILES string of the molecule is CCOCc1ncc(CCl)cn1. The van der Waals surface area contributed by atoms with E-state index in [0.29, 0.717) is 24.9 Å². The molecule has 0 spiro atoms. The summed E-state index contributed by atoms with van der Waals surface area (Å²) in [5, 5.41) is 0. The van der Waals surface area contributed by atoms with Crippen molar-refractivity contribution >= 4 is 11.6 Å². The molecule has 3 nitrogen and oxygen atoms in total. The summed E-state index contributed by atoms with van der Waals surface area (Å²) in [5.41, 5.74) is 0.928. The van der Waals surface area contributed by atoms with E-state index in [2.05, 4.69) is 9.97 Å². The second kappa shape index (κ2) is 5.06. The minimum Gasteiger partial charge on any atom is -0.374 e. The molecule has 12 heavy (non-hydrogen) atoms. The lowest BCUT2D eigenvalue weighted by atomic mass is 10.4. The third-order valence-corrected chi connectivity index (χ3v) is 1.66. The molecule has 0 unspecified atom stereocenters. The first-order valence-corrected chi connectivity index (χ1v) is 4.33. The average Bonchev–Trinajstić information content (AvgIpc) is 2.15. The van der Waals surface area contributed by atoms with E-state index in [-0.39, 0.29) is 0 Å². The lowest BCUT2D eigenvalue weighted by Gasteiger charge is -1.99. The van der Waals surface area contributed by atoms with Crippen molar-refractivity contribution in [3.8, 4) is 0 Å². The Morgan fingerprint density at radius 2 is 2.08 bits per heavy atom. The molecule has 1 aromatic rings. The molecule has 0 aromatic carbocycles. The molecule has 0 aliphatic rings. The van der Waals surface area contributed by atoms with Crippen LogP contribution in [-0.4, -0.2) is 16.6 Å². The second-order valence-electron chi connectivity index (χ2n) is 2.28. The van der Waals surface area contributed by atoms with E-state index in [9.17, 15) is 0 Å². The number of hydrogen-bond acceptors (Lipinski definition) is 3. The molecule has 0 aliphatic heterocycles. The largest absolute Gasteiger partial charge is 0.374 e. The quantitative estimate of drug-likeness (QED) is 0.672. The van der Waals surface area contributed by atoms with Crippen LogP contribution in [-0.2, 0) is 17.2 Å². The summed E-state index contributed by atoms with van der Waals surface area (Å²) < 4.78 is 5.14. The zero-order valence-electron chi connectivity index (χ0n) is 6.96. The minimum absolute atomic E-state index is 0.453. The summed E-state index contributed by atoms with van der Waals surface area (Å²) >= 11 is 5.57. The fourth-order valence-corrected chi connectivity index (χ4v) is 0.856. The first-order valence-electron chi connectivity index (χ1n) is 3.80. The molecule has 0 atom stereocenters. The van der Waals surface area contributed by atoms with Gasteiger partial charge in [0.2, 0.25) is 0 Å². The van der Waals surface area contributed by atoms with Crippen LogP contribution in [0.2, 0.25) is 0 Å². The van der Waals surface area contributed by atoms with E-state index >= 15 is 0 Å². The van der Waals surface area contributed by atoms with Gasteiger partial charge in [-0.05, 0) is 6.92 Å². The fraction of sp³-hybridized carbons (Fsp3) is 0.500.